The van der Waals surface area contributed by atoms with Crippen molar-refractivity contribution >= 4 is 5.91 Å². The topological polar surface area (TPSA) is 61.4 Å². The number of rotatable bonds is 6. The second-order valence-corrected chi connectivity index (χ2v) is 3.84. The van der Waals surface area contributed by atoms with Gasteiger partial charge in [0, 0.05) is 5.56 Å². The summed E-state index contributed by atoms with van der Waals surface area (Å²) in [4.78, 5) is 11.7. The van der Waals surface area contributed by atoms with Crippen LogP contribution in [-0.4, -0.2) is 23.2 Å². The third kappa shape index (κ3) is 4.38. The predicted molar refractivity (Wildman–Crippen MR) is 67.3 cm³/mol. The Bertz CT molecular complexity index is 363. The number of aliphatic hydroxyl groups is 1. The second-order valence-electron chi connectivity index (χ2n) is 3.84. The summed E-state index contributed by atoms with van der Waals surface area (Å²) in [6, 6.07) is 8.65. The fourth-order valence-electron chi connectivity index (χ4n) is 1.38. The summed E-state index contributed by atoms with van der Waals surface area (Å²) in [5.41, 5.74) is 5.94. The lowest BCUT2D eigenvalue weighted by molar-refractivity contribution is 0.0883. The number of aliphatic hydroxyl groups excluding tert-OH is 1. The van der Waals surface area contributed by atoms with Gasteiger partial charge in [0.25, 0.3) is 5.91 Å². The molecule has 0 radical (unpaired) electrons. The Labute approximate surface area is 101 Å². The molecule has 0 aliphatic rings. The fraction of sp³-hybridized carbons (Fsp3) is 0.308. The SMILES string of the molecule is C=CC[C@@H](NNC(=O)c1ccccc1)[C@H](C)O. The quantitative estimate of drug-likeness (QED) is 0.513. The Morgan fingerprint density at radius 3 is 2.65 bits per heavy atom. The number of hydrogen-bond acceptors (Lipinski definition) is 3. The Morgan fingerprint density at radius 2 is 2.12 bits per heavy atom. The van der Waals surface area contributed by atoms with Crippen LogP contribution in [0.1, 0.15) is 23.7 Å². The number of carbonyl (C=O) groups excluding carboxylic acids is 1. The predicted octanol–water partition coefficient (Wildman–Crippen LogP) is 1.25. The van der Waals surface area contributed by atoms with E-state index in [2.05, 4.69) is 17.4 Å². The largest absolute Gasteiger partial charge is 0.392 e. The molecule has 0 aromatic heterocycles. The first kappa shape index (κ1) is 13.4. The van der Waals surface area contributed by atoms with Crippen LogP contribution >= 0.6 is 0 Å². The molecule has 0 spiro atoms. The molecule has 0 aliphatic heterocycles. The minimum absolute atomic E-state index is 0.222. The molecule has 0 unspecified atom stereocenters. The van der Waals surface area contributed by atoms with E-state index >= 15 is 0 Å². The van der Waals surface area contributed by atoms with Crippen LogP contribution in [0.2, 0.25) is 0 Å². The highest BCUT2D eigenvalue weighted by atomic mass is 16.3. The number of amides is 1. The molecule has 4 nitrogen and oxygen atoms in total. The molecule has 1 aromatic rings. The molecule has 1 rings (SSSR count). The highest BCUT2D eigenvalue weighted by Gasteiger charge is 2.14. The molecular weight excluding hydrogens is 216 g/mol. The summed E-state index contributed by atoms with van der Waals surface area (Å²) in [6.07, 6.45) is 1.70. The Hall–Kier alpha value is -1.65. The van der Waals surface area contributed by atoms with E-state index in [-0.39, 0.29) is 11.9 Å². The molecule has 2 atom stereocenters. The summed E-state index contributed by atoms with van der Waals surface area (Å²) >= 11 is 0. The smallest absolute Gasteiger partial charge is 0.265 e. The number of hydrazine groups is 1. The van der Waals surface area contributed by atoms with Crippen molar-refractivity contribution in [2.75, 3.05) is 0 Å². The molecule has 17 heavy (non-hydrogen) atoms. The third-order valence-corrected chi connectivity index (χ3v) is 2.41. The highest BCUT2D eigenvalue weighted by Crippen LogP contribution is 2.00. The van der Waals surface area contributed by atoms with Gasteiger partial charge in [-0.3, -0.25) is 10.2 Å². The number of nitrogens with one attached hydrogen (secondary N) is 2. The van der Waals surface area contributed by atoms with E-state index in [0.29, 0.717) is 12.0 Å². The van der Waals surface area contributed by atoms with E-state index in [4.69, 9.17) is 0 Å². The van der Waals surface area contributed by atoms with E-state index in [9.17, 15) is 9.90 Å². The lowest BCUT2D eigenvalue weighted by atomic mass is 10.1. The normalized spacial score (nSPS) is 13.8. The first-order valence-corrected chi connectivity index (χ1v) is 5.55. The van der Waals surface area contributed by atoms with Gasteiger partial charge < -0.3 is 5.11 Å². The van der Waals surface area contributed by atoms with E-state index in [0.717, 1.165) is 0 Å². The molecule has 1 aromatic carbocycles. The zero-order valence-corrected chi connectivity index (χ0v) is 9.89. The number of hydrogen-bond donors (Lipinski definition) is 3. The number of benzene rings is 1. The molecule has 0 fully saturated rings. The molecule has 3 N–H and O–H groups in total. The monoisotopic (exact) mass is 234 g/mol. The molecular formula is C13H18N2O2. The molecule has 4 heteroatoms. The Morgan fingerprint density at radius 1 is 1.47 bits per heavy atom. The van der Waals surface area contributed by atoms with E-state index < -0.39 is 6.10 Å². The second kappa shape index (κ2) is 6.83. The van der Waals surface area contributed by atoms with E-state index in [1.165, 1.54) is 0 Å². The summed E-state index contributed by atoms with van der Waals surface area (Å²) in [7, 11) is 0. The van der Waals surface area contributed by atoms with Gasteiger partial charge in [-0.1, -0.05) is 24.3 Å². The van der Waals surface area contributed by atoms with Crippen LogP contribution in [-0.2, 0) is 0 Å². The van der Waals surface area contributed by atoms with Crippen molar-refractivity contribution in [2.45, 2.75) is 25.5 Å². The van der Waals surface area contributed by atoms with Crippen LogP contribution in [0.25, 0.3) is 0 Å². The van der Waals surface area contributed by atoms with Crippen molar-refractivity contribution in [1.82, 2.24) is 10.9 Å². The number of carbonyl (C=O) groups is 1. The average molecular weight is 234 g/mol. The molecule has 0 bridgehead atoms. The van der Waals surface area contributed by atoms with Gasteiger partial charge in [-0.15, -0.1) is 6.58 Å². The fourth-order valence-corrected chi connectivity index (χ4v) is 1.38. The lowest BCUT2D eigenvalue weighted by Crippen LogP contribution is -2.48. The standard InChI is InChI=1S/C13H18N2O2/c1-3-7-12(10(2)16)14-15-13(17)11-8-5-4-6-9-11/h3-6,8-10,12,14,16H,1,7H2,2H3,(H,15,17)/t10-,12+/m0/s1. The van der Waals surface area contributed by atoms with Crippen molar-refractivity contribution < 1.29 is 9.90 Å². The van der Waals surface area contributed by atoms with Crippen molar-refractivity contribution in [3.63, 3.8) is 0 Å². The Kier molecular flexibility index (Phi) is 5.39. The van der Waals surface area contributed by atoms with Gasteiger partial charge in [0.15, 0.2) is 0 Å². The zero-order valence-electron chi connectivity index (χ0n) is 9.89. The minimum Gasteiger partial charge on any atom is -0.392 e. The van der Waals surface area contributed by atoms with E-state index in [1.807, 2.05) is 6.07 Å². The van der Waals surface area contributed by atoms with Gasteiger partial charge in [0.1, 0.15) is 0 Å². The summed E-state index contributed by atoms with van der Waals surface area (Å²) in [5, 5.41) is 9.47. The van der Waals surface area contributed by atoms with Crippen LogP contribution < -0.4 is 10.9 Å². The molecule has 0 saturated heterocycles. The first-order chi connectivity index (χ1) is 8.15. The Balaban J connectivity index is 2.49. The maximum Gasteiger partial charge on any atom is 0.265 e. The first-order valence-electron chi connectivity index (χ1n) is 5.55. The lowest BCUT2D eigenvalue weighted by Gasteiger charge is -2.20. The molecule has 0 heterocycles. The van der Waals surface area contributed by atoms with Crippen molar-refractivity contribution in [1.29, 1.82) is 0 Å². The van der Waals surface area contributed by atoms with Crippen molar-refractivity contribution in [2.24, 2.45) is 0 Å². The van der Waals surface area contributed by atoms with Gasteiger partial charge >= 0.3 is 0 Å². The van der Waals surface area contributed by atoms with Crippen LogP contribution in [0.15, 0.2) is 43.0 Å². The minimum atomic E-state index is -0.566. The van der Waals surface area contributed by atoms with Crippen LogP contribution in [0, 0.1) is 0 Å². The van der Waals surface area contributed by atoms with Gasteiger partial charge in [-0.2, -0.15) is 0 Å². The molecule has 0 aliphatic carbocycles. The van der Waals surface area contributed by atoms with Gasteiger partial charge in [-0.05, 0) is 25.5 Å². The summed E-state index contributed by atoms with van der Waals surface area (Å²) < 4.78 is 0. The maximum absolute atomic E-state index is 11.7. The molecule has 92 valence electrons. The molecule has 1 amide bonds. The maximum atomic E-state index is 11.7. The van der Waals surface area contributed by atoms with E-state index in [1.54, 1.807) is 37.3 Å². The molecule has 0 saturated carbocycles. The van der Waals surface area contributed by atoms with Crippen molar-refractivity contribution in [3.05, 3.63) is 48.6 Å². The van der Waals surface area contributed by atoms with Gasteiger partial charge in [0.2, 0.25) is 0 Å². The third-order valence-electron chi connectivity index (χ3n) is 2.41. The van der Waals surface area contributed by atoms with Crippen LogP contribution in [0.3, 0.4) is 0 Å². The average Bonchev–Trinajstić information content (AvgIpc) is 2.34. The van der Waals surface area contributed by atoms with Gasteiger partial charge in [-0.25, -0.2) is 5.43 Å². The summed E-state index contributed by atoms with van der Waals surface area (Å²) in [6.45, 7) is 5.27. The highest BCUT2D eigenvalue weighted by molar-refractivity contribution is 5.93. The van der Waals surface area contributed by atoms with Crippen LogP contribution in [0.5, 0.6) is 0 Å². The zero-order chi connectivity index (χ0) is 12.7. The van der Waals surface area contributed by atoms with Gasteiger partial charge in [0.05, 0.1) is 12.1 Å². The van der Waals surface area contributed by atoms with Crippen LogP contribution in [0.4, 0.5) is 0 Å². The summed E-state index contributed by atoms with van der Waals surface area (Å²) in [5.74, 6) is -0.222. The van der Waals surface area contributed by atoms with Crippen molar-refractivity contribution in [3.8, 4) is 0 Å².